The van der Waals surface area contributed by atoms with Crippen LogP contribution < -0.4 is 20.1 Å². The molecule has 0 radical (unpaired) electrons. The van der Waals surface area contributed by atoms with Crippen molar-refractivity contribution in [3.8, 4) is 11.5 Å². The molecule has 21 heteroatoms. The van der Waals surface area contributed by atoms with Crippen molar-refractivity contribution in [2.45, 2.75) is 60.2 Å². The normalized spacial score (nSPS) is 13.3. The molecule has 0 unspecified atom stereocenters. The van der Waals surface area contributed by atoms with E-state index in [1.54, 1.807) is 28.2 Å². The number of halogens is 1. The first kappa shape index (κ1) is 44.3. The SMILES string of the molecule is CCc1nc(C)sc1C(=O)Nc1nc2cc(C(=O)O)cc(OCCCN3CCOCC3)c2n1C/C=C/Cn1c(NC(=O)c2c(F)c(C)nn2CC)nc2cc(C(=O)O)cc(OC)c21. The highest BCUT2D eigenvalue weighted by molar-refractivity contribution is 7.13. The van der Waals surface area contributed by atoms with Crippen molar-refractivity contribution in [2.24, 2.45) is 0 Å². The van der Waals surface area contributed by atoms with E-state index in [4.69, 9.17) is 19.2 Å². The summed E-state index contributed by atoms with van der Waals surface area (Å²) in [4.78, 5) is 68.2. The van der Waals surface area contributed by atoms with Crippen molar-refractivity contribution in [2.75, 3.05) is 57.2 Å². The number of aryl methyl sites for hydroxylation is 4. The van der Waals surface area contributed by atoms with Gasteiger partial charge in [-0.25, -0.2) is 28.9 Å². The van der Waals surface area contributed by atoms with Crippen LogP contribution >= 0.6 is 11.3 Å². The molecule has 0 spiro atoms. The highest BCUT2D eigenvalue weighted by atomic mass is 32.1. The van der Waals surface area contributed by atoms with E-state index < -0.39 is 29.6 Å². The number of aromatic carboxylic acids is 2. The number of carbonyl (C=O) groups is 4. The zero-order valence-corrected chi connectivity index (χ0v) is 36.2. The Morgan fingerprint density at radius 2 is 1.46 bits per heavy atom. The third-order valence-electron chi connectivity index (χ3n) is 10.4. The van der Waals surface area contributed by atoms with Crippen molar-refractivity contribution in [1.29, 1.82) is 0 Å². The number of carbonyl (C=O) groups excluding carboxylic acids is 2. The van der Waals surface area contributed by atoms with Gasteiger partial charge in [0.05, 0.1) is 65.5 Å². The molecule has 5 heterocycles. The molecule has 7 rings (SSSR count). The van der Waals surface area contributed by atoms with Gasteiger partial charge in [-0.3, -0.25) is 29.8 Å². The lowest BCUT2D eigenvalue weighted by atomic mass is 10.2. The maximum Gasteiger partial charge on any atom is 0.335 e. The van der Waals surface area contributed by atoms with Crippen LogP contribution in [0, 0.1) is 19.7 Å². The number of benzene rings is 2. The molecule has 2 aromatic carbocycles. The number of methoxy groups -OCH3 is 1. The molecule has 0 bridgehead atoms. The predicted octanol–water partition coefficient (Wildman–Crippen LogP) is 5.64. The predicted molar refractivity (Wildman–Crippen MR) is 231 cm³/mol. The molecule has 0 aliphatic carbocycles. The number of morpholine rings is 1. The van der Waals surface area contributed by atoms with Crippen LogP contribution in [0.4, 0.5) is 16.3 Å². The number of carboxylic acids is 2. The minimum atomic E-state index is -1.22. The molecule has 1 aliphatic rings. The number of nitrogens with one attached hydrogen (secondary N) is 2. The number of hydrogen-bond donors (Lipinski definition) is 4. The number of thiazole rings is 1. The molecule has 19 nitrogen and oxygen atoms in total. The zero-order valence-electron chi connectivity index (χ0n) is 35.4. The molecule has 6 aromatic rings. The lowest BCUT2D eigenvalue weighted by Gasteiger charge is -2.26. The molecule has 63 heavy (non-hydrogen) atoms. The Morgan fingerprint density at radius 3 is 2.03 bits per heavy atom. The van der Waals surface area contributed by atoms with Crippen LogP contribution in [0.5, 0.6) is 11.5 Å². The topological polar surface area (TPSA) is 230 Å². The van der Waals surface area contributed by atoms with Crippen molar-refractivity contribution >= 4 is 69.1 Å². The average Bonchev–Trinajstić information content (AvgIpc) is 4.01. The maximum atomic E-state index is 15.2. The molecular weight excluding hydrogens is 840 g/mol. The zero-order chi connectivity index (χ0) is 44.9. The Bertz CT molecular complexity index is 2750. The number of hydrogen-bond acceptors (Lipinski definition) is 13. The Labute approximate surface area is 364 Å². The van der Waals surface area contributed by atoms with E-state index in [0.29, 0.717) is 47.7 Å². The summed E-state index contributed by atoms with van der Waals surface area (Å²) in [6, 6.07) is 5.53. The van der Waals surface area contributed by atoms with Gasteiger partial charge in [0.2, 0.25) is 11.9 Å². The number of aromatic nitrogens is 7. The highest BCUT2D eigenvalue weighted by Gasteiger charge is 2.26. The summed E-state index contributed by atoms with van der Waals surface area (Å²) in [5.41, 5.74) is 1.49. The Kier molecular flexibility index (Phi) is 13.5. The number of imidazole rings is 2. The maximum absolute atomic E-state index is 15.2. The average molecular weight is 887 g/mol. The van der Waals surface area contributed by atoms with E-state index in [1.165, 1.54) is 54.3 Å². The number of fused-ring (bicyclic) bond motifs is 2. The monoisotopic (exact) mass is 886 g/mol. The highest BCUT2D eigenvalue weighted by Crippen LogP contribution is 2.34. The quantitative estimate of drug-likeness (QED) is 0.0605. The molecule has 1 aliphatic heterocycles. The third kappa shape index (κ3) is 9.39. The van der Waals surface area contributed by atoms with Crippen LogP contribution in [-0.4, -0.2) is 119 Å². The second kappa shape index (κ2) is 19.1. The van der Waals surface area contributed by atoms with Gasteiger partial charge in [-0.2, -0.15) is 5.10 Å². The summed E-state index contributed by atoms with van der Waals surface area (Å²) in [7, 11) is 1.37. The fourth-order valence-corrected chi connectivity index (χ4v) is 8.29. The van der Waals surface area contributed by atoms with Crippen LogP contribution in [0.2, 0.25) is 0 Å². The first-order valence-electron chi connectivity index (χ1n) is 20.3. The molecule has 332 valence electrons. The Morgan fingerprint density at radius 1 is 0.873 bits per heavy atom. The van der Waals surface area contributed by atoms with E-state index in [9.17, 15) is 29.4 Å². The third-order valence-corrected chi connectivity index (χ3v) is 11.4. The molecular formula is C42H47FN10O9S. The first-order valence-corrected chi connectivity index (χ1v) is 21.1. The fraction of sp³-hybridized carbons (Fsp3) is 0.381. The number of ether oxygens (including phenoxy) is 3. The van der Waals surface area contributed by atoms with E-state index in [0.717, 1.165) is 24.6 Å². The molecule has 1 fully saturated rings. The van der Waals surface area contributed by atoms with Gasteiger partial charge < -0.3 is 33.6 Å². The lowest BCUT2D eigenvalue weighted by molar-refractivity contribution is 0.0358. The van der Waals surface area contributed by atoms with E-state index in [1.807, 2.05) is 13.8 Å². The Hall–Kier alpha value is -6.71. The van der Waals surface area contributed by atoms with Crippen molar-refractivity contribution < 1.29 is 48.0 Å². The van der Waals surface area contributed by atoms with Gasteiger partial charge in [-0.1, -0.05) is 19.1 Å². The van der Waals surface area contributed by atoms with Crippen LogP contribution in [0.25, 0.3) is 22.1 Å². The molecule has 1 saturated heterocycles. The standard InChI is InChI=1S/C42H47FN10O9S/c1-6-27-36(63-24(4)44-27)38(55)48-42-46-29-20-26(40(58)59)22-31(62-16-10-11-50-14-17-61-18-15-50)34(29)52(42)13-9-8-12-51-33-28(19-25(39(56)57)21-30(33)60-5)45-41(51)47-37(54)35-32(43)23(3)49-53(35)7-2/h8-9,19-22H,6-7,10-18H2,1-5H3,(H,56,57)(H,58,59)(H,45,47,54)(H,46,48,55)/b9-8+. The number of rotatable bonds is 18. The number of nitrogens with zero attached hydrogens (tertiary/aromatic N) is 8. The molecule has 4 aromatic heterocycles. The van der Waals surface area contributed by atoms with Crippen LogP contribution in [0.15, 0.2) is 36.4 Å². The molecule has 0 saturated carbocycles. The molecule has 0 atom stereocenters. The summed E-state index contributed by atoms with van der Waals surface area (Å²) in [6.07, 6.45) is 4.70. The minimum absolute atomic E-state index is 0.0250. The summed E-state index contributed by atoms with van der Waals surface area (Å²) in [5, 5.41) is 30.3. The van der Waals surface area contributed by atoms with Crippen LogP contribution in [0.1, 0.15) is 77.5 Å². The van der Waals surface area contributed by atoms with Gasteiger partial charge in [0, 0.05) is 39.3 Å². The minimum Gasteiger partial charge on any atom is -0.494 e. The van der Waals surface area contributed by atoms with Crippen molar-refractivity contribution in [1.82, 2.24) is 38.8 Å². The molecule has 4 N–H and O–H groups in total. The van der Waals surface area contributed by atoms with Gasteiger partial charge in [-0.15, -0.1) is 11.3 Å². The first-order chi connectivity index (χ1) is 30.3. The molecule has 2 amide bonds. The van der Waals surface area contributed by atoms with Gasteiger partial charge in [-0.05, 0) is 57.9 Å². The summed E-state index contributed by atoms with van der Waals surface area (Å²) < 4.78 is 37.1. The lowest BCUT2D eigenvalue weighted by Crippen LogP contribution is -2.37. The van der Waals surface area contributed by atoms with Crippen LogP contribution in [0.3, 0.4) is 0 Å². The summed E-state index contributed by atoms with van der Waals surface area (Å²) in [6.45, 7) is 11.2. The van der Waals surface area contributed by atoms with Gasteiger partial charge in [0.15, 0.2) is 11.5 Å². The number of amides is 2. The largest absolute Gasteiger partial charge is 0.494 e. The van der Waals surface area contributed by atoms with Gasteiger partial charge in [0.1, 0.15) is 27.4 Å². The Balaban J connectivity index is 1.26. The van der Waals surface area contributed by atoms with E-state index in [2.05, 4.69) is 30.6 Å². The summed E-state index contributed by atoms with van der Waals surface area (Å²) >= 11 is 1.25. The van der Waals surface area contributed by atoms with Gasteiger partial charge in [0.25, 0.3) is 11.8 Å². The van der Waals surface area contributed by atoms with E-state index >= 15 is 4.39 Å². The van der Waals surface area contributed by atoms with E-state index in [-0.39, 0.29) is 83.2 Å². The summed E-state index contributed by atoms with van der Waals surface area (Å²) in [5.74, 6) is -3.92. The van der Waals surface area contributed by atoms with Gasteiger partial charge >= 0.3 is 11.9 Å². The number of anilines is 2. The second-order valence-corrected chi connectivity index (χ2v) is 15.8. The van der Waals surface area contributed by atoms with Crippen molar-refractivity contribution in [3.63, 3.8) is 0 Å². The second-order valence-electron chi connectivity index (χ2n) is 14.6. The van der Waals surface area contributed by atoms with Crippen molar-refractivity contribution in [3.05, 3.63) is 80.3 Å². The number of carboxylic acid groups (broad SMARTS) is 2. The number of allylic oxidation sites excluding steroid dienone is 2. The van der Waals surface area contributed by atoms with Crippen LogP contribution in [-0.2, 0) is 30.8 Å². The fourth-order valence-electron chi connectivity index (χ4n) is 7.39. The smallest absolute Gasteiger partial charge is 0.335 e.